The molecule has 0 aliphatic carbocycles. The van der Waals surface area contributed by atoms with Crippen molar-refractivity contribution in [3.8, 4) is 0 Å². The van der Waals surface area contributed by atoms with Crippen LogP contribution in [0, 0.1) is 0 Å². The number of rotatable bonds is 7. The molecule has 0 aliphatic heterocycles. The second-order valence-corrected chi connectivity index (χ2v) is 4.38. The maximum atomic E-state index is 4.63. The maximum absolute atomic E-state index is 4.63. The van der Waals surface area contributed by atoms with Crippen LogP contribution in [-0.4, -0.2) is 24.6 Å². The Morgan fingerprint density at radius 1 is 1.00 bits per heavy atom. The average Bonchev–Trinajstić information content (AvgIpc) is 2.42. The van der Waals surface area contributed by atoms with Gasteiger partial charge in [0.05, 0.1) is 11.2 Å². The van der Waals surface area contributed by atoms with Crippen molar-refractivity contribution in [3.63, 3.8) is 0 Å². The molecule has 0 unspecified atom stereocenters. The first kappa shape index (κ1) is 13.0. The Balaban J connectivity index is 1.81. The topological polar surface area (TPSA) is 37.0 Å². The summed E-state index contributed by atoms with van der Waals surface area (Å²) < 4.78 is 0. The monoisotopic (exact) mass is 243 g/mol. The Hall–Kier alpha value is -1.45. The van der Waals surface area contributed by atoms with Gasteiger partial charge in [-0.15, -0.1) is 0 Å². The molecule has 0 fully saturated rings. The first-order valence-electron chi connectivity index (χ1n) is 6.66. The van der Waals surface area contributed by atoms with Gasteiger partial charge in [-0.2, -0.15) is 0 Å². The number of benzene rings is 1. The van der Waals surface area contributed by atoms with Crippen LogP contribution >= 0.6 is 0 Å². The fourth-order valence-corrected chi connectivity index (χ4v) is 1.94. The fraction of sp³-hybridized carbons (Fsp3) is 0.400. The molecule has 1 heterocycles. The number of nitrogens with one attached hydrogen (secondary N) is 2. The summed E-state index contributed by atoms with van der Waals surface area (Å²) in [5, 5.41) is 7.94. The SMILES string of the molecule is CCNCCCNCc1ccc2ccccc2n1. The number of aromatic nitrogens is 1. The Bertz CT molecular complexity index is 482. The van der Waals surface area contributed by atoms with Crippen LogP contribution in [0.4, 0.5) is 0 Å². The number of pyridine rings is 1. The molecule has 2 rings (SSSR count). The van der Waals surface area contributed by atoms with Gasteiger partial charge in [0, 0.05) is 11.9 Å². The van der Waals surface area contributed by atoms with Gasteiger partial charge in [0.2, 0.25) is 0 Å². The number of hydrogen-bond acceptors (Lipinski definition) is 3. The molecule has 0 aliphatic rings. The summed E-state index contributed by atoms with van der Waals surface area (Å²) >= 11 is 0. The highest BCUT2D eigenvalue weighted by molar-refractivity contribution is 5.78. The lowest BCUT2D eigenvalue weighted by atomic mass is 10.2. The van der Waals surface area contributed by atoms with E-state index >= 15 is 0 Å². The third-order valence-electron chi connectivity index (χ3n) is 2.92. The third-order valence-corrected chi connectivity index (χ3v) is 2.92. The largest absolute Gasteiger partial charge is 0.317 e. The van der Waals surface area contributed by atoms with E-state index in [4.69, 9.17) is 0 Å². The van der Waals surface area contributed by atoms with Crippen molar-refractivity contribution in [2.45, 2.75) is 19.9 Å². The molecule has 18 heavy (non-hydrogen) atoms. The predicted octanol–water partition coefficient (Wildman–Crippen LogP) is 2.32. The predicted molar refractivity (Wildman–Crippen MR) is 76.6 cm³/mol. The molecule has 2 aromatic rings. The van der Waals surface area contributed by atoms with Gasteiger partial charge in [-0.25, -0.2) is 0 Å². The van der Waals surface area contributed by atoms with E-state index in [0.717, 1.165) is 43.8 Å². The highest BCUT2D eigenvalue weighted by atomic mass is 14.9. The summed E-state index contributed by atoms with van der Waals surface area (Å²) in [5.41, 5.74) is 2.18. The summed E-state index contributed by atoms with van der Waals surface area (Å²) in [7, 11) is 0. The van der Waals surface area contributed by atoms with Gasteiger partial charge in [0.25, 0.3) is 0 Å². The van der Waals surface area contributed by atoms with Crippen LogP contribution in [0.25, 0.3) is 10.9 Å². The molecular formula is C15H21N3. The highest BCUT2D eigenvalue weighted by Crippen LogP contribution is 2.11. The van der Waals surface area contributed by atoms with Crippen molar-refractivity contribution in [2.24, 2.45) is 0 Å². The van der Waals surface area contributed by atoms with Crippen molar-refractivity contribution in [1.82, 2.24) is 15.6 Å². The van der Waals surface area contributed by atoms with Gasteiger partial charge < -0.3 is 10.6 Å². The summed E-state index contributed by atoms with van der Waals surface area (Å²) in [6, 6.07) is 12.5. The molecule has 1 aromatic carbocycles. The number of para-hydroxylation sites is 1. The van der Waals surface area contributed by atoms with Crippen LogP contribution in [0.15, 0.2) is 36.4 Å². The number of nitrogens with zero attached hydrogens (tertiary/aromatic N) is 1. The van der Waals surface area contributed by atoms with Crippen molar-refractivity contribution < 1.29 is 0 Å². The van der Waals surface area contributed by atoms with Crippen LogP contribution in [-0.2, 0) is 6.54 Å². The molecule has 0 radical (unpaired) electrons. The first-order chi connectivity index (χ1) is 8.90. The lowest BCUT2D eigenvalue weighted by Gasteiger charge is -2.06. The van der Waals surface area contributed by atoms with Crippen molar-refractivity contribution in [1.29, 1.82) is 0 Å². The zero-order valence-electron chi connectivity index (χ0n) is 10.9. The molecule has 3 nitrogen and oxygen atoms in total. The van der Waals surface area contributed by atoms with E-state index in [0.29, 0.717) is 0 Å². The van der Waals surface area contributed by atoms with Gasteiger partial charge in [0.15, 0.2) is 0 Å². The van der Waals surface area contributed by atoms with Crippen LogP contribution in [0.1, 0.15) is 19.0 Å². The van der Waals surface area contributed by atoms with Crippen LogP contribution < -0.4 is 10.6 Å². The van der Waals surface area contributed by atoms with Crippen molar-refractivity contribution in [2.75, 3.05) is 19.6 Å². The first-order valence-corrected chi connectivity index (χ1v) is 6.66. The summed E-state index contributed by atoms with van der Waals surface area (Å²) in [4.78, 5) is 4.63. The van der Waals surface area contributed by atoms with Crippen LogP contribution in [0.5, 0.6) is 0 Å². The molecule has 0 spiro atoms. The van der Waals surface area contributed by atoms with Gasteiger partial charge in [-0.1, -0.05) is 31.2 Å². The van der Waals surface area contributed by atoms with E-state index in [1.807, 2.05) is 12.1 Å². The normalized spacial score (nSPS) is 10.9. The highest BCUT2D eigenvalue weighted by Gasteiger charge is 1.97. The Kier molecular flexibility index (Phi) is 5.12. The Morgan fingerprint density at radius 3 is 2.72 bits per heavy atom. The van der Waals surface area contributed by atoms with E-state index in [9.17, 15) is 0 Å². The minimum absolute atomic E-state index is 0.844. The molecular weight excluding hydrogens is 222 g/mol. The summed E-state index contributed by atoms with van der Waals surface area (Å²) in [6.45, 7) is 6.13. The summed E-state index contributed by atoms with van der Waals surface area (Å²) in [5.74, 6) is 0. The summed E-state index contributed by atoms with van der Waals surface area (Å²) in [6.07, 6.45) is 1.15. The Labute approximate surface area is 109 Å². The quantitative estimate of drug-likeness (QED) is 0.733. The van der Waals surface area contributed by atoms with Crippen molar-refractivity contribution >= 4 is 10.9 Å². The smallest absolute Gasteiger partial charge is 0.0705 e. The second-order valence-electron chi connectivity index (χ2n) is 4.38. The molecule has 0 atom stereocenters. The molecule has 0 saturated heterocycles. The minimum atomic E-state index is 0.844. The molecule has 2 N–H and O–H groups in total. The van der Waals surface area contributed by atoms with E-state index in [-0.39, 0.29) is 0 Å². The van der Waals surface area contributed by atoms with E-state index in [1.165, 1.54) is 5.39 Å². The lowest BCUT2D eigenvalue weighted by Crippen LogP contribution is -2.21. The molecule has 0 amide bonds. The molecule has 96 valence electrons. The lowest BCUT2D eigenvalue weighted by molar-refractivity contribution is 0.602. The number of fused-ring (bicyclic) bond motifs is 1. The van der Waals surface area contributed by atoms with Gasteiger partial charge >= 0.3 is 0 Å². The maximum Gasteiger partial charge on any atom is 0.0705 e. The Morgan fingerprint density at radius 2 is 1.83 bits per heavy atom. The van der Waals surface area contributed by atoms with Crippen LogP contribution in [0.2, 0.25) is 0 Å². The molecule has 0 saturated carbocycles. The van der Waals surface area contributed by atoms with Gasteiger partial charge in [0.1, 0.15) is 0 Å². The number of hydrogen-bond donors (Lipinski definition) is 2. The third kappa shape index (κ3) is 3.79. The van der Waals surface area contributed by atoms with E-state index < -0.39 is 0 Å². The fourth-order valence-electron chi connectivity index (χ4n) is 1.94. The molecule has 3 heteroatoms. The van der Waals surface area contributed by atoms with Crippen molar-refractivity contribution in [3.05, 3.63) is 42.1 Å². The second kappa shape index (κ2) is 7.09. The molecule has 1 aromatic heterocycles. The average molecular weight is 243 g/mol. The molecule has 0 bridgehead atoms. The van der Waals surface area contributed by atoms with E-state index in [2.05, 4.69) is 46.8 Å². The minimum Gasteiger partial charge on any atom is -0.317 e. The van der Waals surface area contributed by atoms with Crippen LogP contribution in [0.3, 0.4) is 0 Å². The zero-order chi connectivity index (χ0) is 12.6. The standard InChI is InChI=1S/C15H21N3/c1-2-16-10-5-11-17-12-14-9-8-13-6-3-4-7-15(13)18-14/h3-4,6-9,16-17H,2,5,10-12H2,1H3. The van der Waals surface area contributed by atoms with Gasteiger partial charge in [-0.3, -0.25) is 4.98 Å². The van der Waals surface area contributed by atoms with Gasteiger partial charge in [-0.05, 0) is 38.2 Å². The van der Waals surface area contributed by atoms with E-state index in [1.54, 1.807) is 0 Å². The zero-order valence-corrected chi connectivity index (χ0v) is 10.9.